The van der Waals surface area contributed by atoms with Crippen LogP contribution in [0.4, 0.5) is 11.4 Å². The van der Waals surface area contributed by atoms with Gasteiger partial charge in [-0.25, -0.2) is 8.42 Å². The van der Waals surface area contributed by atoms with Crippen LogP contribution in [0.25, 0.3) is 0 Å². The first-order valence-electron chi connectivity index (χ1n) is 7.76. The molecule has 138 valence electrons. The largest absolute Gasteiger partial charge is 0.491 e. The second-order valence-corrected chi connectivity index (χ2v) is 7.72. The van der Waals surface area contributed by atoms with Gasteiger partial charge in [0.25, 0.3) is 10.9 Å². The number of nitrogens with one attached hydrogen (secondary N) is 1. The number of benzene rings is 1. The highest BCUT2D eigenvalue weighted by atomic mass is 32.2. The van der Waals surface area contributed by atoms with Crippen molar-refractivity contribution in [2.75, 3.05) is 19.0 Å². The summed E-state index contributed by atoms with van der Waals surface area (Å²) in [4.78, 5) is 34.1. The molecule has 0 saturated carbocycles. The van der Waals surface area contributed by atoms with Crippen LogP contribution < -0.4 is 20.9 Å². The third-order valence-corrected chi connectivity index (χ3v) is 6.17. The van der Waals surface area contributed by atoms with Crippen molar-refractivity contribution in [3.63, 3.8) is 0 Å². The molecule has 9 nitrogen and oxygen atoms in total. The zero-order chi connectivity index (χ0) is 19.1. The molecule has 2 aromatic carbocycles. The van der Waals surface area contributed by atoms with E-state index >= 15 is 0 Å². The standard InChI is InChI=1S/C16H16N2O7S/c1-25-15-12(13(19)14(15)20)17-9-4-2-5-10(8-9)26(23,24)18-7-3-6-11(18)16(21)22/h2,4-5,8,11,17H,3,6-7H2,1H3,(H,21,22). The summed E-state index contributed by atoms with van der Waals surface area (Å²) < 4.78 is 31.4. The van der Waals surface area contributed by atoms with Gasteiger partial charge < -0.3 is 15.2 Å². The highest BCUT2D eigenvalue weighted by Gasteiger charge is 2.39. The number of nitrogens with zero attached hydrogens (tertiary/aromatic N) is 1. The summed E-state index contributed by atoms with van der Waals surface area (Å²) in [6.45, 7) is 0.128. The Labute approximate surface area is 148 Å². The van der Waals surface area contributed by atoms with Crippen LogP contribution in [0.3, 0.4) is 0 Å². The number of aliphatic carboxylic acids is 1. The van der Waals surface area contributed by atoms with E-state index in [4.69, 9.17) is 4.74 Å². The van der Waals surface area contributed by atoms with E-state index in [1.54, 1.807) is 0 Å². The highest BCUT2D eigenvalue weighted by Crippen LogP contribution is 2.29. The SMILES string of the molecule is COc1c(Nc2cccc(S(=O)(=O)N3CCCC3C(=O)O)c2)c(=O)c1=O. The molecule has 0 bridgehead atoms. The van der Waals surface area contributed by atoms with Gasteiger partial charge in [-0.3, -0.25) is 14.4 Å². The Bertz CT molecular complexity index is 1040. The number of hydrogen-bond donors (Lipinski definition) is 2. The van der Waals surface area contributed by atoms with Gasteiger partial charge in [0.15, 0.2) is 5.75 Å². The van der Waals surface area contributed by atoms with Gasteiger partial charge in [-0.2, -0.15) is 4.31 Å². The summed E-state index contributed by atoms with van der Waals surface area (Å²) >= 11 is 0. The van der Waals surface area contributed by atoms with E-state index in [-0.39, 0.29) is 35.0 Å². The van der Waals surface area contributed by atoms with Crippen LogP contribution in [0.2, 0.25) is 0 Å². The molecule has 1 aliphatic heterocycles. The Morgan fingerprint density at radius 2 is 2.04 bits per heavy atom. The maximum atomic E-state index is 12.8. The molecule has 0 radical (unpaired) electrons. The predicted octanol–water partition coefficient (Wildman–Crippen LogP) is 0.273. The molecule has 1 unspecified atom stereocenters. The van der Waals surface area contributed by atoms with Crippen LogP contribution in [-0.2, 0) is 14.8 Å². The number of carbonyl (C=O) groups is 1. The monoisotopic (exact) mass is 380 g/mol. The number of sulfonamides is 1. The second-order valence-electron chi connectivity index (χ2n) is 5.83. The lowest BCUT2D eigenvalue weighted by Gasteiger charge is -2.21. The Kier molecular flexibility index (Phi) is 4.55. The fourth-order valence-corrected chi connectivity index (χ4v) is 4.67. The van der Waals surface area contributed by atoms with Crippen molar-refractivity contribution in [2.45, 2.75) is 23.8 Å². The summed E-state index contributed by atoms with van der Waals surface area (Å²) in [5.74, 6) is -1.30. The van der Waals surface area contributed by atoms with Crippen molar-refractivity contribution in [1.29, 1.82) is 0 Å². The predicted molar refractivity (Wildman–Crippen MR) is 92.2 cm³/mol. The van der Waals surface area contributed by atoms with E-state index in [0.717, 1.165) is 4.31 Å². The first kappa shape index (κ1) is 18.1. The Hall–Kier alpha value is -2.72. The normalized spacial score (nSPS) is 18.1. The average molecular weight is 380 g/mol. The van der Waals surface area contributed by atoms with E-state index in [9.17, 15) is 27.9 Å². The first-order valence-corrected chi connectivity index (χ1v) is 9.20. The van der Waals surface area contributed by atoms with Crippen LogP contribution in [-0.4, -0.2) is 43.5 Å². The van der Waals surface area contributed by atoms with Crippen LogP contribution in [0.15, 0.2) is 38.8 Å². The molecular weight excluding hydrogens is 364 g/mol. The third kappa shape index (κ3) is 2.86. The molecule has 0 amide bonds. The molecule has 2 aromatic rings. The summed E-state index contributed by atoms with van der Waals surface area (Å²) in [5, 5.41) is 11.9. The lowest BCUT2D eigenvalue weighted by atomic mass is 10.2. The molecular formula is C16H16N2O7S. The quantitative estimate of drug-likeness (QED) is 0.683. The smallest absolute Gasteiger partial charge is 0.322 e. The summed E-state index contributed by atoms with van der Waals surface area (Å²) in [7, 11) is -2.76. The van der Waals surface area contributed by atoms with Gasteiger partial charge in [-0.15, -0.1) is 0 Å². The van der Waals surface area contributed by atoms with Crippen LogP contribution in [0.1, 0.15) is 12.8 Å². The van der Waals surface area contributed by atoms with Gasteiger partial charge in [-0.05, 0) is 31.0 Å². The Morgan fingerprint density at radius 3 is 2.69 bits per heavy atom. The number of ether oxygens (including phenoxy) is 1. The van der Waals surface area contributed by atoms with Gasteiger partial charge in [0, 0.05) is 12.2 Å². The van der Waals surface area contributed by atoms with Crippen LogP contribution in [0, 0.1) is 0 Å². The Morgan fingerprint density at radius 1 is 1.31 bits per heavy atom. The summed E-state index contributed by atoms with van der Waals surface area (Å²) in [6.07, 6.45) is 0.724. The van der Waals surface area contributed by atoms with Crippen molar-refractivity contribution < 1.29 is 23.1 Å². The van der Waals surface area contributed by atoms with E-state index in [1.165, 1.54) is 31.4 Å². The summed E-state index contributed by atoms with van der Waals surface area (Å²) in [5.41, 5.74) is -1.28. The fraction of sp³-hybridized carbons (Fsp3) is 0.312. The molecule has 2 N–H and O–H groups in total. The molecule has 1 aliphatic rings. The van der Waals surface area contributed by atoms with Gasteiger partial charge in [0.05, 0.1) is 12.0 Å². The number of anilines is 2. The second kappa shape index (κ2) is 6.54. The molecule has 0 aromatic heterocycles. The van der Waals surface area contributed by atoms with E-state index in [1.807, 2.05) is 0 Å². The lowest BCUT2D eigenvalue weighted by Crippen LogP contribution is -2.40. The van der Waals surface area contributed by atoms with Crippen LogP contribution >= 0.6 is 0 Å². The van der Waals surface area contributed by atoms with E-state index in [0.29, 0.717) is 6.42 Å². The number of carboxylic acid groups (broad SMARTS) is 1. The minimum absolute atomic E-state index is 0.0448. The van der Waals surface area contributed by atoms with Gasteiger partial charge in [-0.1, -0.05) is 6.07 Å². The number of carboxylic acids is 1. The van der Waals surface area contributed by atoms with Gasteiger partial charge in [0.1, 0.15) is 11.7 Å². The van der Waals surface area contributed by atoms with Crippen molar-refractivity contribution in [2.24, 2.45) is 0 Å². The summed E-state index contributed by atoms with van der Waals surface area (Å²) in [6, 6.07) is 4.51. The van der Waals surface area contributed by atoms with Gasteiger partial charge in [0.2, 0.25) is 10.0 Å². The number of methoxy groups -OCH3 is 1. The minimum Gasteiger partial charge on any atom is -0.491 e. The molecule has 10 heteroatoms. The molecule has 1 heterocycles. The number of hydrogen-bond acceptors (Lipinski definition) is 7. The zero-order valence-corrected chi connectivity index (χ0v) is 14.6. The minimum atomic E-state index is -4.01. The third-order valence-electron chi connectivity index (χ3n) is 4.27. The average Bonchev–Trinajstić information content (AvgIpc) is 3.12. The number of rotatable bonds is 6. The van der Waals surface area contributed by atoms with Gasteiger partial charge >= 0.3 is 5.97 Å². The first-order chi connectivity index (χ1) is 12.3. The van der Waals surface area contributed by atoms with Crippen molar-refractivity contribution in [1.82, 2.24) is 4.31 Å². The molecule has 0 spiro atoms. The molecule has 3 rings (SSSR count). The topological polar surface area (TPSA) is 130 Å². The van der Waals surface area contributed by atoms with Crippen molar-refractivity contribution >= 4 is 27.4 Å². The maximum absolute atomic E-state index is 12.8. The van der Waals surface area contributed by atoms with E-state index < -0.39 is 32.9 Å². The zero-order valence-electron chi connectivity index (χ0n) is 13.8. The maximum Gasteiger partial charge on any atom is 0.322 e. The highest BCUT2D eigenvalue weighted by molar-refractivity contribution is 7.89. The van der Waals surface area contributed by atoms with Crippen LogP contribution in [0.5, 0.6) is 5.75 Å². The molecule has 1 saturated heterocycles. The van der Waals surface area contributed by atoms with E-state index in [2.05, 4.69) is 5.32 Å². The molecule has 1 atom stereocenters. The van der Waals surface area contributed by atoms with Crippen molar-refractivity contribution in [3.05, 3.63) is 44.7 Å². The lowest BCUT2D eigenvalue weighted by molar-refractivity contribution is -0.140. The molecule has 1 fully saturated rings. The molecule has 26 heavy (non-hydrogen) atoms. The fourth-order valence-electron chi connectivity index (χ4n) is 2.97. The molecule has 0 aliphatic carbocycles. The Balaban J connectivity index is 1.92. The van der Waals surface area contributed by atoms with Crippen molar-refractivity contribution in [3.8, 4) is 5.75 Å².